The summed E-state index contributed by atoms with van der Waals surface area (Å²) in [6, 6.07) is 1.45. The van der Waals surface area contributed by atoms with E-state index >= 15 is 0 Å². The molecular weight excluding hydrogens is 276 g/mol. The van der Waals surface area contributed by atoms with Gasteiger partial charge in [0.1, 0.15) is 0 Å². The number of hydrogen-bond acceptors (Lipinski definition) is 5. The Bertz CT molecular complexity index is 386. The van der Waals surface area contributed by atoms with Gasteiger partial charge < -0.3 is 0 Å². The van der Waals surface area contributed by atoms with Crippen LogP contribution in [0.5, 0.6) is 0 Å². The highest BCUT2D eigenvalue weighted by Gasteiger charge is 2.20. The lowest BCUT2D eigenvalue weighted by molar-refractivity contribution is -0.384. The third kappa shape index (κ3) is 2.89. The van der Waals surface area contributed by atoms with Crippen molar-refractivity contribution >= 4 is 27.4 Å². The van der Waals surface area contributed by atoms with E-state index in [1.165, 1.54) is 6.07 Å². The maximum atomic E-state index is 10.9. The summed E-state index contributed by atoms with van der Waals surface area (Å²) >= 11 is 3.17. The molecule has 0 amide bonds. The zero-order chi connectivity index (χ0) is 12.1. The Balaban J connectivity index is 3.14. The number of nitrogens with one attached hydrogen (secondary N) is 1. The fourth-order valence-electron chi connectivity index (χ4n) is 1.29. The topological polar surface area (TPSA) is 71.3 Å². The van der Waals surface area contributed by atoms with Crippen molar-refractivity contribution in [2.75, 3.05) is 18.1 Å². The molecule has 1 aromatic rings. The maximum absolute atomic E-state index is 10.9. The Hall–Kier alpha value is -1.21. The molecule has 0 aliphatic rings. The summed E-state index contributed by atoms with van der Waals surface area (Å²) in [5.74, 6) is 0.331. The van der Waals surface area contributed by atoms with Gasteiger partial charge in [-0.05, 0) is 22.9 Å². The van der Waals surface area contributed by atoms with Gasteiger partial charge in [-0.15, -0.1) is 0 Å². The van der Waals surface area contributed by atoms with Crippen molar-refractivity contribution in [3.8, 4) is 0 Å². The molecule has 6 nitrogen and oxygen atoms in total. The number of aromatic nitrogens is 1. The number of halogens is 1. The van der Waals surface area contributed by atoms with E-state index in [1.54, 1.807) is 11.2 Å². The molecule has 1 rings (SSSR count). The van der Waals surface area contributed by atoms with Crippen LogP contribution in [0.15, 0.2) is 16.7 Å². The van der Waals surface area contributed by atoms with Gasteiger partial charge in [-0.25, -0.2) is 10.4 Å². The molecule has 0 aliphatic carbocycles. The standard InChI is InChI=1S/C9H13BrN4O2/c1-3-12-13(4-2)9-8(14(15)16)5-7(10)6-11-9/h5-6,12H,3-4H2,1-2H3. The van der Waals surface area contributed by atoms with Crippen LogP contribution in [-0.4, -0.2) is 23.0 Å². The number of nitrogens with zero attached hydrogens (tertiary/aromatic N) is 3. The Morgan fingerprint density at radius 2 is 2.31 bits per heavy atom. The van der Waals surface area contributed by atoms with Gasteiger partial charge in [0.05, 0.1) is 4.92 Å². The number of nitro groups is 1. The zero-order valence-electron chi connectivity index (χ0n) is 9.11. The van der Waals surface area contributed by atoms with Crippen LogP contribution >= 0.6 is 15.9 Å². The Morgan fingerprint density at radius 1 is 1.62 bits per heavy atom. The van der Waals surface area contributed by atoms with Gasteiger partial charge in [-0.2, -0.15) is 0 Å². The molecule has 0 aliphatic heterocycles. The first-order chi connectivity index (χ1) is 7.60. The predicted octanol–water partition coefficient (Wildman–Crippen LogP) is 2.10. The quantitative estimate of drug-likeness (QED) is 0.664. The van der Waals surface area contributed by atoms with Crippen LogP contribution in [0.1, 0.15) is 13.8 Å². The van der Waals surface area contributed by atoms with Crippen molar-refractivity contribution in [1.29, 1.82) is 0 Å². The molecule has 88 valence electrons. The van der Waals surface area contributed by atoms with E-state index in [-0.39, 0.29) is 5.69 Å². The minimum atomic E-state index is -0.437. The summed E-state index contributed by atoms with van der Waals surface area (Å²) in [6.07, 6.45) is 1.54. The van der Waals surface area contributed by atoms with Gasteiger partial charge in [0, 0.05) is 29.8 Å². The molecule has 0 atom stereocenters. The molecule has 16 heavy (non-hydrogen) atoms. The summed E-state index contributed by atoms with van der Waals surface area (Å²) in [7, 11) is 0. The monoisotopic (exact) mass is 288 g/mol. The molecule has 0 bridgehead atoms. The van der Waals surface area contributed by atoms with Crippen molar-refractivity contribution in [2.24, 2.45) is 0 Å². The summed E-state index contributed by atoms with van der Waals surface area (Å²) in [5.41, 5.74) is 3.00. The van der Waals surface area contributed by atoms with E-state index in [1.807, 2.05) is 13.8 Å². The highest BCUT2D eigenvalue weighted by Crippen LogP contribution is 2.27. The van der Waals surface area contributed by atoms with E-state index in [0.29, 0.717) is 23.4 Å². The van der Waals surface area contributed by atoms with Gasteiger partial charge in [-0.3, -0.25) is 15.1 Å². The van der Waals surface area contributed by atoms with Crippen LogP contribution in [0.4, 0.5) is 11.5 Å². The molecule has 1 N–H and O–H groups in total. The van der Waals surface area contributed by atoms with Gasteiger partial charge in [0.2, 0.25) is 5.82 Å². The van der Waals surface area contributed by atoms with Gasteiger partial charge >= 0.3 is 5.69 Å². The van der Waals surface area contributed by atoms with Crippen LogP contribution in [0.25, 0.3) is 0 Å². The molecule has 1 aromatic heterocycles. The first-order valence-electron chi connectivity index (χ1n) is 4.91. The van der Waals surface area contributed by atoms with E-state index in [0.717, 1.165) is 0 Å². The summed E-state index contributed by atoms with van der Waals surface area (Å²) in [5, 5.41) is 12.5. The number of pyridine rings is 1. The highest BCUT2D eigenvalue weighted by molar-refractivity contribution is 9.10. The normalized spacial score (nSPS) is 10.2. The van der Waals surface area contributed by atoms with Gasteiger partial charge in [-0.1, -0.05) is 6.92 Å². The van der Waals surface area contributed by atoms with Gasteiger partial charge in [0.15, 0.2) is 0 Å². The molecule has 0 spiro atoms. The minimum absolute atomic E-state index is 0.0165. The van der Waals surface area contributed by atoms with Crippen LogP contribution in [0, 0.1) is 10.1 Å². The summed E-state index contributed by atoms with van der Waals surface area (Å²) < 4.78 is 0.593. The molecule has 0 radical (unpaired) electrons. The molecule has 0 unspecified atom stereocenters. The Labute approximate surface area is 102 Å². The van der Waals surface area contributed by atoms with Crippen molar-refractivity contribution in [1.82, 2.24) is 10.4 Å². The average molecular weight is 289 g/mol. The van der Waals surface area contributed by atoms with Crippen LogP contribution in [-0.2, 0) is 0 Å². The lowest BCUT2D eigenvalue weighted by Gasteiger charge is -2.21. The Kier molecular flexibility index (Phi) is 4.63. The number of rotatable bonds is 5. The first-order valence-corrected chi connectivity index (χ1v) is 5.70. The average Bonchev–Trinajstić information content (AvgIpc) is 2.26. The largest absolute Gasteiger partial charge is 0.314 e. The molecule has 7 heteroatoms. The van der Waals surface area contributed by atoms with Crippen molar-refractivity contribution in [2.45, 2.75) is 13.8 Å². The number of anilines is 1. The lowest BCUT2D eigenvalue weighted by Crippen LogP contribution is -2.38. The number of hydrazine groups is 1. The molecule has 0 aromatic carbocycles. The van der Waals surface area contributed by atoms with E-state index in [4.69, 9.17) is 0 Å². The minimum Gasteiger partial charge on any atom is -0.287 e. The highest BCUT2D eigenvalue weighted by atomic mass is 79.9. The second kappa shape index (κ2) is 5.76. The first kappa shape index (κ1) is 12.9. The van der Waals surface area contributed by atoms with Crippen molar-refractivity contribution in [3.05, 3.63) is 26.9 Å². The molecule has 0 saturated heterocycles. The van der Waals surface area contributed by atoms with E-state index < -0.39 is 4.92 Å². The second-order valence-corrected chi connectivity index (χ2v) is 3.92. The molecule has 0 fully saturated rings. The van der Waals surface area contributed by atoms with Crippen LogP contribution < -0.4 is 10.4 Å². The Morgan fingerprint density at radius 3 is 2.81 bits per heavy atom. The predicted molar refractivity (Wildman–Crippen MR) is 65.3 cm³/mol. The van der Waals surface area contributed by atoms with Crippen molar-refractivity contribution < 1.29 is 4.92 Å². The maximum Gasteiger partial charge on any atom is 0.314 e. The van der Waals surface area contributed by atoms with E-state index in [9.17, 15) is 10.1 Å². The zero-order valence-corrected chi connectivity index (χ0v) is 10.7. The molecular formula is C9H13BrN4O2. The third-order valence-corrected chi connectivity index (χ3v) is 2.37. The van der Waals surface area contributed by atoms with E-state index in [2.05, 4.69) is 26.3 Å². The van der Waals surface area contributed by atoms with Crippen LogP contribution in [0.3, 0.4) is 0 Å². The fourth-order valence-corrected chi connectivity index (χ4v) is 1.61. The third-order valence-electron chi connectivity index (χ3n) is 1.93. The SMILES string of the molecule is CCNN(CC)c1ncc(Br)cc1[N+](=O)[O-]. The fraction of sp³-hybridized carbons (Fsp3) is 0.444. The lowest BCUT2D eigenvalue weighted by atomic mass is 10.4. The van der Waals surface area contributed by atoms with Crippen molar-refractivity contribution in [3.63, 3.8) is 0 Å². The molecule has 1 heterocycles. The molecule has 0 saturated carbocycles. The smallest absolute Gasteiger partial charge is 0.287 e. The summed E-state index contributed by atoms with van der Waals surface area (Å²) in [6.45, 7) is 5.11. The van der Waals surface area contributed by atoms with Gasteiger partial charge in [0.25, 0.3) is 0 Å². The number of hydrogen-bond donors (Lipinski definition) is 1. The second-order valence-electron chi connectivity index (χ2n) is 3.01. The summed E-state index contributed by atoms with van der Waals surface area (Å²) in [4.78, 5) is 14.5. The van der Waals surface area contributed by atoms with Crippen LogP contribution in [0.2, 0.25) is 0 Å².